The number of nitrogens with two attached hydrogens (primary N) is 1. The van der Waals surface area contributed by atoms with Crippen molar-refractivity contribution in [3.63, 3.8) is 0 Å². The van der Waals surface area contributed by atoms with Gasteiger partial charge in [0, 0.05) is 24.5 Å². The summed E-state index contributed by atoms with van der Waals surface area (Å²) < 4.78 is 0. The summed E-state index contributed by atoms with van der Waals surface area (Å²) in [5.41, 5.74) is 6.64. The van der Waals surface area contributed by atoms with Gasteiger partial charge in [-0.25, -0.2) is 0 Å². The fourth-order valence-electron chi connectivity index (χ4n) is 2.66. The van der Waals surface area contributed by atoms with Crippen molar-refractivity contribution in [3.8, 4) is 0 Å². The molecule has 0 spiro atoms. The summed E-state index contributed by atoms with van der Waals surface area (Å²) in [5.74, 6) is 0.0888. The predicted molar refractivity (Wildman–Crippen MR) is 92.6 cm³/mol. The molecule has 0 saturated carbocycles. The Morgan fingerprint density at radius 1 is 1.23 bits per heavy atom. The van der Waals surface area contributed by atoms with Crippen molar-refractivity contribution < 1.29 is 4.79 Å². The molecule has 0 heterocycles. The highest BCUT2D eigenvalue weighted by Gasteiger charge is 2.28. The van der Waals surface area contributed by atoms with Gasteiger partial charge in [0.2, 0.25) is 5.91 Å². The van der Waals surface area contributed by atoms with Crippen LogP contribution in [0.5, 0.6) is 0 Å². The standard InChI is InChI=1S/C18H31N3O/c1-4-18(5-2,14-20-17(22)12-9-13-19)21-15(3)16-10-7-6-8-11-16/h6-8,10-11,15,21H,4-5,9,12-14,19H2,1-3H3,(H,20,22). The van der Waals surface area contributed by atoms with Gasteiger partial charge in [0.1, 0.15) is 0 Å². The summed E-state index contributed by atoms with van der Waals surface area (Å²) in [6.07, 6.45) is 3.19. The summed E-state index contributed by atoms with van der Waals surface area (Å²) in [5, 5.41) is 6.78. The number of benzene rings is 1. The molecule has 0 fully saturated rings. The Balaban J connectivity index is 2.64. The lowest BCUT2D eigenvalue weighted by atomic mass is 9.90. The Morgan fingerprint density at radius 2 is 1.86 bits per heavy atom. The quantitative estimate of drug-likeness (QED) is 0.622. The Bertz CT molecular complexity index is 429. The van der Waals surface area contributed by atoms with Gasteiger partial charge in [-0.15, -0.1) is 0 Å². The summed E-state index contributed by atoms with van der Waals surface area (Å²) in [6, 6.07) is 10.7. The topological polar surface area (TPSA) is 67.2 Å². The monoisotopic (exact) mass is 305 g/mol. The number of hydrogen-bond donors (Lipinski definition) is 3. The van der Waals surface area contributed by atoms with E-state index in [1.54, 1.807) is 0 Å². The summed E-state index contributed by atoms with van der Waals surface area (Å²) >= 11 is 0. The van der Waals surface area contributed by atoms with Crippen LogP contribution < -0.4 is 16.4 Å². The summed E-state index contributed by atoms with van der Waals surface area (Å²) in [4.78, 5) is 11.8. The van der Waals surface area contributed by atoms with Gasteiger partial charge in [0.15, 0.2) is 0 Å². The Labute approximate surface area is 134 Å². The fraction of sp³-hybridized carbons (Fsp3) is 0.611. The maximum atomic E-state index is 11.8. The number of hydrogen-bond acceptors (Lipinski definition) is 3. The molecule has 0 radical (unpaired) electrons. The molecule has 1 unspecified atom stereocenters. The van der Waals surface area contributed by atoms with Crippen molar-refractivity contribution >= 4 is 5.91 Å². The molecule has 0 aliphatic heterocycles. The average molecular weight is 305 g/mol. The SMILES string of the molecule is CCC(CC)(CNC(=O)CCCN)NC(C)c1ccccc1. The molecule has 124 valence electrons. The van der Waals surface area contributed by atoms with Gasteiger partial charge in [0.25, 0.3) is 0 Å². The molecule has 22 heavy (non-hydrogen) atoms. The van der Waals surface area contributed by atoms with E-state index in [1.807, 2.05) is 6.07 Å². The van der Waals surface area contributed by atoms with Crippen molar-refractivity contribution in [1.29, 1.82) is 0 Å². The smallest absolute Gasteiger partial charge is 0.220 e. The predicted octanol–water partition coefficient (Wildman–Crippen LogP) is 2.75. The second-order valence-corrected chi connectivity index (χ2v) is 5.93. The molecule has 0 bridgehead atoms. The molecule has 1 aromatic carbocycles. The average Bonchev–Trinajstić information content (AvgIpc) is 2.57. The van der Waals surface area contributed by atoms with Crippen LogP contribution in [0.15, 0.2) is 30.3 Å². The number of carbonyl (C=O) groups excluding carboxylic acids is 1. The summed E-state index contributed by atoms with van der Waals surface area (Å²) in [7, 11) is 0. The zero-order chi connectivity index (χ0) is 16.4. The number of nitrogens with one attached hydrogen (secondary N) is 2. The third kappa shape index (κ3) is 5.78. The van der Waals surface area contributed by atoms with Crippen LogP contribution in [0, 0.1) is 0 Å². The third-order valence-corrected chi connectivity index (χ3v) is 4.41. The molecule has 1 amide bonds. The molecule has 1 atom stereocenters. The second kappa shape index (κ2) is 9.59. The Hall–Kier alpha value is -1.39. The largest absolute Gasteiger partial charge is 0.354 e. The van der Waals surface area contributed by atoms with Crippen molar-refractivity contribution in [2.24, 2.45) is 5.73 Å². The van der Waals surface area contributed by atoms with Crippen LogP contribution in [0.3, 0.4) is 0 Å². The zero-order valence-corrected chi connectivity index (χ0v) is 14.2. The van der Waals surface area contributed by atoms with E-state index in [4.69, 9.17) is 5.73 Å². The zero-order valence-electron chi connectivity index (χ0n) is 14.2. The summed E-state index contributed by atoms with van der Waals surface area (Å²) in [6.45, 7) is 7.72. The number of carbonyl (C=O) groups is 1. The fourth-order valence-corrected chi connectivity index (χ4v) is 2.66. The van der Waals surface area contributed by atoms with Crippen LogP contribution in [0.4, 0.5) is 0 Å². The van der Waals surface area contributed by atoms with Gasteiger partial charge in [-0.05, 0) is 38.3 Å². The Kier molecular flexibility index (Phi) is 8.13. The molecule has 1 rings (SSSR count). The van der Waals surface area contributed by atoms with Crippen LogP contribution in [0.1, 0.15) is 58.1 Å². The van der Waals surface area contributed by atoms with Crippen LogP contribution in [-0.4, -0.2) is 24.5 Å². The van der Waals surface area contributed by atoms with E-state index >= 15 is 0 Å². The normalized spacial score (nSPS) is 12.9. The highest BCUT2D eigenvalue weighted by molar-refractivity contribution is 5.75. The van der Waals surface area contributed by atoms with E-state index in [9.17, 15) is 4.79 Å². The maximum absolute atomic E-state index is 11.8. The Morgan fingerprint density at radius 3 is 2.41 bits per heavy atom. The van der Waals surface area contributed by atoms with Crippen LogP contribution in [-0.2, 0) is 4.79 Å². The molecular formula is C18H31N3O. The highest BCUT2D eigenvalue weighted by Crippen LogP contribution is 2.21. The molecule has 0 aliphatic carbocycles. The maximum Gasteiger partial charge on any atom is 0.220 e. The van der Waals surface area contributed by atoms with Crippen molar-refractivity contribution in [2.45, 2.75) is 58.0 Å². The molecule has 0 aromatic heterocycles. The first kappa shape index (κ1) is 18.7. The molecule has 1 aromatic rings. The van der Waals surface area contributed by atoms with Crippen molar-refractivity contribution in [2.75, 3.05) is 13.1 Å². The van der Waals surface area contributed by atoms with E-state index < -0.39 is 0 Å². The van der Waals surface area contributed by atoms with Crippen LogP contribution in [0.25, 0.3) is 0 Å². The molecule has 4 nitrogen and oxygen atoms in total. The van der Waals surface area contributed by atoms with E-state index in [-0.39, 0.29) is 17.5 Å². The third-order valence-electron chi connectivity index (χ3n) is 4.41. The van der Waals surface area contributed by atoms with Crippen LogP contribution >= 0.6 is 0 Å². The van der Waals surface area contributed by atoms with E-state index in [1.165, 1.54) is 5.56 Å². The van der Waals surface area contributed by atoms with Gasteiger partial charge in [0.05, 0.1) is 0 Å². The minimum Gasteiger partial charge on any atom is -0.354 e. The second-order valence-electron chi connectivity index (χ2n) is 5.93. The van der Waals surface area contributed by atoms with Gasteiger partial charge in [-0.1, -0.05) is 44.2 Å². The number of rotatable bonds is 10. The van der Waals surface area contributed by atoms with Gasteiger partial charge in [-0.2, -0.15) is 0 Å². The molecule has 4 N–H and O–H groups in total. The minimum absolute atomic E-state index is 0.0758. The van der Waals surface area contributed by atoms with Gasteiger partial charge >= 0.3 is 0 Å². The van der Waals surface area contributed by atoms with Crippen molar-refractivity contribution in [3.05, 3.63) is 35.9 Å². The molecule has 4 heteroatoms. The lowest BCUT2D eigenvalue weighted by Gasteiger charge is -2.36. The molecular weight excluding hydrogens is 274 g/mol. The number of amides is 1. The first-order valence-corrected chi connectivity index (χ1v) is 8.36. The molecule has 0 aliphatic rings. The lowest BCUT2D eigenvalue weighted by Crippen LogP contribution is -2.53. The van der Waals surface area contributed by atoms with Gasteiger partial charge < -0.3 is 16.4 Å². The highest BCUT2D eigenvalue weighted by atomic mass is 16.1. The first-order valence-electron chi connectivity index (χ1n) is 8.36. The first-order chi connectivity index (χ1) is 10.6. The van der Waals surface area contributed by atoms with Crippen LogP contribution in [0.2, 0.25) is 0 Å². The van der Waals surface area contributed by atoms with Gasteiger partial charge in [-0.3, -0.25) is 4.79 Å². The lowest BCUT2D eigenvalue weighted by molar-refractivity contribution is -0.121. The van der Waals surface area contributed by atoms with Crippen molar-refractivity contribution in [1.82, 2.24) is 10.6 Å². The van der Waals surface area contributed by atoms with E-state index in [0.29, 0.717) is 19.5 Å². The molecule has 0 saturated heterocycles. The van der Waals surface area contributed by atoms with E-state index in [0.717, 1.165) is 19.3 Å². The minimum atomic E-state index is -0.0758. The van der Waals surface area contributed by atoms with E-state index in [2.05, 4.69) is 55.7 Å².